The molecule has 0 aliphatic carbocycles. The van der Waals surface area contributed by atoms with E-state index in [9.17, 15) is 8.42 Å². The summed E-state index contributed by atoms with van der Waals surface area (Å²) in [6.07, 6.45) is 3.15. The summed E-state index contributed by atoms with van der Waals surface area (Å²) in [4.78, 5) is 9.03. The monoisotopic (exact) mass is 382 g/mol. The van der Waals surface area contributed by atoms with Gasteiger partial charge in [0.05, 0.1) is 42.0 Å². The maximum Gasteiger partial charge on any atom is 0.247 e. The first-order chi connectivity index (χ1) is 13.0. The van der Waals surface area contributed by atoms with Gasteiger partial charge in [-0.15, -0.1) is 0 Å². The summed E-state index contributed by atoms with van der Waals surface area (Å²) in [6.45, 7) is 0. The number of nitrogens with zero attached hydrogens (tertiary/aromatic N) is 4. The number of methoxy groups -OCH3 is 1. The predicted octanol–water partition coefficient (Wildman–Crippen LogP) is 2.75. The highest BCUT2D eigenvalue weighted by molar-refractivity contribution is 7.88. The van der Waals surface area contributed by atoms with Crippen LogP contribution < -0.4 is 4.74 Å². The molecular formula is C19H18N4O3S. The molecule has 2 aromatic carbocycles. The van der Waals surface area contributed by atoms with Crippen molar-refractivity contribution in [3.05, 3.63) is 66.0 Å². The summed E-state index contributed by atoms with van der Waals surface area (Å²) in [5.41, 5.74) is 3.45. The molecule has 27 heavy (non-hydrogen) atoms. The van der Waals surface area contributed by atoms with Gasteiger partial charge in [0.1, 0.15) is 11.8 Å². The van der Waals surface area contributed by atoms with Crippen molar-refractivity contribution in [3.63, 3.8) is 0 Å². The summed E-state index contributed by atoms with van der Waals surface area (Å²) < 4.78 is 31.2. The van der Waals surface area contributed by atoms with E-state index in [0.717, 1.165) is 21.8 Å². The van der Waals surface area contributed by atoms with E-state index in [1.54, 1.807) is 13.3 Å². The molecule has 1 aromatic heterocycles. The van der Waals surface area contributed by atoms with E-state index >= 15 is 0 Å². The highest BCUT2D eigenvalue weighted by Crippen LogP contribution is 2.35. The lowest BCUT2D eigenvalue weighted by molar-refractivity contribution is 0.368. The molecule has 1 unspecified atom stereocenters. The van der Waals surface area contributed by atoms with Crippen LogP contribution in [0.1, 0.15) is 23.7 Å². The van der Waals surface area contributed by atoms with Crippen LogP contribution in [0.5, 0.6) is 5.75 Å². The van der Waals surface area contributed by atoms with Crippen LogP contribution in [0.15, 0.2) is 59.8 Å². The number of sulfonamides is 1. The van der Waals surface area contributed by atoms with Crippen molar-refractivity contribution < 1.29 is 13.2 Å². The molecule has 8 heteroatoms. The Morgan fingerprint density at radius 3 is 2.52 bits per heavy atom. The van der Waals surface area contributed by atoms with Gasteiger partial charge < -0.3 is 4.74 Å². The van der Waals surface area contributed by atoms with Crippen molar-refractivity contribution in [2.75, 3.05) is 13.4 Å². The Labute approximate surface area is 157 Å². The smallest absolute Gasteiger partial charge is 0.247 e. The van der Waals surface area contributed by atoms with E-state index in [-0.39, 0.29) is 0 Å². The van der Waals surface area contributed by atoms with Crippen LogP contribution in [-0.2, 0) is 10.0 Å². The first-order valence-electron chi connectivity index (χ1n) is 8.39. The van der Waals surface area contributed by atoms with E-state index in [1.807, 2.05) is 48.5 Å². The van der Waals surface area contributed by atoms with Crippen molar-refractivity contribution >= 4 is 26.8 Å². The first-order valence-corrected chi connectivity index (χ1v) is 10.2. The first kappa shape index (κ1) is 17.4. The third-order valence-corrected chi connectivity index (χ3v) is 5.45. The molecular weight excluding hydrogens is 364 g/mol. The van der Waals surface area contributed by atoms with Crippen LogP contribution in [0.4, 0.5) is 0 Å². The minimum atomic E-state index is -3.58. The van der Waals surface area contributed by atoms with Crippen molar-refractivity contribution in [2.24, 2.45) is 5.10 Å². The molecule has 0 N–H and O–H groups in total. The predicted molar refractivity (Wildman–Crippen MR) is 103 cm³/mol. The second-order valence-electron chi connectivity index (χ2n) is 6.29. The number of para-hydroxylation sites is 3. The molecule has 1 aliphatic heterocycles. The number of hydrogen-bond donors (Lipinski definition) is 0. The molecule has 1 atom stereocenters. The van der Waals surface area contributed by atoms with Gasteiger partial charge in [0.15, 0.2) is 0 Å². The largest absolute Gasteiger partial charge is 0.496 e. The Kier molecular flexibility index (Phi) is 4.27. The lowest BCUT2D eigenvalue weighted by atomic mass is 10.0. The molecule has 0 fully saturated rings. The van der Waals surface area contributed by atoms with Gasteiger partial charge in [0, 0.05) is 12.0 Å². The molecule has 0 radical (unpaired) electrons. The van der Waals surface area contributed by atoms with Gasteiger partial charge >= 0.3 is 0 Å². The number of rotatable bonds is 4. The van der Waals surface area contributed by atoms with Gasteiger partial charge in [0.2, 0.25) is 10.0 Å². The van der Waals surface area contributed by atoms with Crippen LogP contribution in [0, 0.1) is 0 Å². The fourth-order valence-corrected chi connectivity index (χ4v) is 4.08. The van der Waals surface area contributed by atoms with Gasteiger partial charge in [-0.05, 0) is 24.3 Å². The van der Waals surface area contributed by atoms with Crippen LogP contribution in [-0.4, -0.2) is 41.9 Å². The van der Waals surface area contributed by atoms with Crippen LogP contribution >= 0.6 is 0 Å². The average molecular weight is 382 g/mol. The SMILES string of the molecule is COc1ccccc1C1=NN(S(C)(=O)=O)C(c2cnc3ccccc3n2)C1. The number of hydrogen-bond acceptors (Lipinski definition) is 6. The Bertz CT molecular complexity index is 1140. The summed E-state index contributed by atoms with van der Waals surface area (Å²) >= 11 is 0. The van der Waals surface area contributed by atoms with E-state index in [0.29, 0.717) is 29.1 Å². The Morgan fingerprint density at radius 1 is 1.07 bits per heavy atom. The molecule has 7 nitrogen and oxygen atoms in total. The lowest BCUT2D eigenvalue weighted by Gasteiger charge is -2.20. The van der Waals surface area contributed by atoms with Gasteiger partial charge in [-0.1, -0.05) is 24.3 Å². The summed E-state index contributed by atoms with van der Waals surface area (Å²) in [5, 5.41) is 4.39. The van der Waals surface area contributed by atoms with Crippen LogP contribution in [0.3, 0.4) is 0 Å². The summed E-state index contributed by atoms with van der Waals surface area (Å²) in [7, 11) is -2.00. The molecule has 1 aliphatic rings. The van der Waals surface area contributed by atoms with Crippen molar-refractivity contribution in [1.29, 1.82) is 0 Å². The molecule has 0 saturated carbocycles. The topological polar surface area (TPSA) is 84.8 Å². The normalized spacial score (nSPS) is 17.2. The number of ether oxygens (including phenoxy) is 1. The average Bonchev–Trinajstić information content (AvgIpc) is 3.13. The van der Waals surface area contributed by atoms with Gasteiger partial charge in [-0.2, -0.15) is 9.52 Å². The number of hydrazone groups is 1. The summed E-state index contributed by atoms with van der Waals surface area (Å²) in [6, 6.07) is 14.4. The minimum Gasteiger partial charge on any atom is -0.496 e. The van der Waals surface area contributed by atoms with Crippen molar-refractivity contribution in [1.82, 2.24) is 14.4 Å². The molecule has 0 saturated heterocycles. The third kappa shape index (κ3) is 3.23. The standard InChI is InChI=1S/C19H18N4O3S/c1-26-19-10-6-3-7-13(19)16-11-18(23(22-16)27(2,24)25)17-12-20-14-8-4-5-9-15(14)21-17/h3-10,12,18H,11H2,1-2H3. The van der Waals surface area contributed by atoms with E-state index in [4.69, 9.17) is 4.74 Å². The third-order valence-electron chi connectivity index (χ3n) is 4.44. The zero-order valence-corrected chi connectivity index (χ0v) is 15.7. The van der Waals surface area contributed by atoms with Crippen molar-refractivity contribution in [2.45, 2.75) is 12.5 Å². The Balaban J connectivity index is 1.79. The Hall–Kier alpha value is -3.00. The fraction of sp³-hybridized carbons (Fsp3) is 0.211. The number of benzene rings is 2. The highest BCUT2D eigenvalue weighted by Gasteiger charge is 2.36. The van der Waals surface area contributed by atoms with Crippen LogP contribution in [0.25, 0.3) is 11.0 Å². The fourth-order valence-electron chi connectivity index (χ4n) is 3.19. The molecule has 0 amide bonds. The van der Waals surface area contributed by atoms with E-state index in [1.165, 1.54) is 0 Å². The molecule has 3 aromatic rings. The maximum atomic E-state index is 12.4. The van der Waals surface area contributed by atoms with Gasteiger partial charge in [-0.25, -0.2) is 13.4 Å². The van der Waals surface area contributed by atoms with E-state index in [2.05, 4.69) is 15.1 Å². The van der Waals surface area contributed by atoms with Gasteiger partial charge in [0.25, 0.3) is 0 Å². The molecule has 0 spiro atoms. The lowest BCUT2D eigenvalue weighted by Crippen LogP contribution is -2.26. The molecule has 0 bridgehead atoms. The summed E-state index contributed by atoms with van der Waals surface area (Å²) in [5.74, 6) is 0.648. The second-order valence-corrected chi connectivity index (χ2v) is 8.13. The number of aromatic nitrogens is 2. The number of fused-ring (bicyclic) bond motifs is 1. The molecule has 2 heterocycles. The zero-order valence-electron chi connectivity index (χ0n) is 14.9. The van der Waals surface area contributed by atoms with E-state index < -0.39 is 16.1 Å². The Morgan fingerprint density at radius 2 is 1.78 bits per heavy atom. The highest BCUT2D eigenvalue weighted by atomic mass is 32.2. The molecule has 138 valence electrons. The maximum absolute atomic E-state index is 12.4. The van der Waals surface area contributed by atoms with Gasteiger partial charge in [-0.3, -0.25) is 4.98 Å². The van der Waals surface area contributed by atoms with Crippen molar-refractivity contribution in [3.8, 4) is 5.75 Å². The molecule has 4 rings (SSSR count). The minimum absolute atomic E-state index is 0.389. The second kappa shape index (κ2) is 6.62. The zero-order chi connectivity index (χ0) is 19.0. The quantitative estimate of drug-likeness (QED) is 0.693. The van der Waals surface area contributed by atoms with Crippen LogP contribution in [0.2, 0.25) is 0 Å².